The van der Waals surface area contributed by atoms with Crippen molar-refractivity contribution in [2.75, 3.05) is 0 Å². The molecule has 0 aliphatic heterocycles. The second kappa shape index (κ2) is 7.97. The van der Waals surface area contributed by atoms with Gasteiger partial charge in [0.25, 0.3) is 0 Å². The molecule has 1 aromatic heterocycles. The van der Waals surface area contributed by atoms with Crippen LogP contribution in [0, 0.1) is 5.92 Å². The van der Waals surface area contributed by atoms with Gasteiger partial charge in [-0.05, 0) is 60.8 Å². The highest BCUT2D eigenvalue weighted by Gasteiger charge is 2.21. The molecule has 23 heavy (non-hydrogen) atoms. The minimum Gasteiger partial charge on any atom is -0.244 e. The molecule has 0 radical (unpaired) electrons. The van der Waals surface area contributed by atoms with Crippen LogP contribution < -0.4 is 0 Å². The van der Waals surface area contributed by atoms with E-state index >= 15 is 0 Å². The van der Waals surface area contributed by atoms with Crippen molar-refractivity contribution in [3.63, 3.8) is 0 Å². The summed E-state index contributed by atoms with van der Waals surface area (Å²) in [5, 5.41) is 0.546. The number of nitrogens with zero attached hydrogens (tertiary/aromatic N) is 1. The molecule has 1 fully saturated rings. The quantitative estimate of drug-likeness (QED) is 0.546. The van der Waals surface area contributed by atoms with Crippen LogP contribution in [0.5, 0.6) is 0 Å². The molecular weight excluding hydrogens is 302 g/mol. The van der Waals surface area contributed by atoms with E-state index in [1.54, 1.807) is 0 Å². The lowest BCUT2D eigenvalue weighted by Crippen LogP contribution is -2.13. The normalized spacial score (nSPS) is 21.3. The topological polar surface area (TPSA) is 12.9 Å². The van der Waals surface area contributed by atoms with Crippen LogP contribution in [0.2, 0.25) is 5.15 Å². The van der Waals surface area contributed by atoms with E-state index in [0.29, 0.717) is 5.15 Å². The number of halogens is 1. The van der Waals surface area contributed by atoms with Gasteiger partial charge in [0.2, 0.25) is 0 Å². The Labute approximate surface area is 145 Å². The Morgan fingerprint density at radius 1 is 0.957 bits per heavy atom. The summed E-state index contributed by atoms with van der Waals surface area (Å²) in [6.45, 7) is 2.30. The summed E-state index contributed by atoms with van der Waals surface area (Å²) in [5.41, 5.74) is 3.85. The maximum atomic E-state index is 5.86. The number of hydrogen-bond acceptors (Lipinski definition) is 1. The van der Waals surface area contributed by atoms with Crippen molar-refractivity contribution in [3.05, 3.63) is 53.3 Å². The van der Waals surface area contributed by atoms with E-state index in [4.69, 9.17) is 11.6 Å². The first-order chi connectivity index (χ1) is 11.3. The summed E-state index contributed by atoms with van der Waals surface area (Å²) in [6, 6.07) is 12.9. The Morgan fingerprint density at radius 3 is 2.26 bits per heavy atom. The summed E-state index contributed by atoms with van der Waals surface area (Å²) in [7, 11) is 0. The third-order valence-electron chi connectivity index (χ3n) is 5.26. The molecule has 1 saturated carbocycles. The minimum atomic E-state index is 0.546. The van der Waals surface area contributed by atoms with E-state index in [1.165, 1.54) is 56.1 Å². The zero-order valence-corrected chi connectivity index (χ0v) is 14.7. The molecule has 122 valence electrons. The lowest BCUT2D eigenvalue weighted by atomic mass is 9.77. The van der Waals surface area contributed by atoms with E-state index in [0.717, 1.165) is 17.4 Å². The molecule has 0 spiro atoms. The first kappa shape index (κ1) is 16.5. The van der Waals surface area contributed by atoms with Crippen LogP contribution in [0.3, 0.4) is 0 Å². The average molecular weight is 328 g/mol. The molecule has 1 aliphatic carbocycles. The minimum absolute atomic E-state index is 0.546. The van der Waals surface area contributed by atoms with E-state index in [2.05, 4.69) is 36.2 Å². The van der Waals surface area contributed by atoms with Crippen molar-refractivity contribution >= 4 is 11.6 Å². The molecule has 2 aromatic rings. The fourth-order valence-electron chi connectivity index (χ4n) is 3.77. The zero-order chi connectivity index (χ0) is 16.1. The van der Waals surface area contributed by atoms with Crippen molar-refractivity contribution in [2.45, 2.75) is 57.8 Å². The lowest BCUT2D eigenvalue weighted by Gasteiger charge is -2.29. The van der Waals surface area contributed by atoms with Crippen molar-refractivity contribution in [3.8, 4) is 11.1 Å². The Balaban J connectivity index is 1.61. The molecule has 0 unspecified atom stereocenters. The van der Waals surface area contributed by atoms with Crippen LogP contribution in [-0.4, -0.2) is 4.98 Å². The SMILES string of the molecule is CCCCC1CCC(c2ccc(-c3ccc(Cl)nc3)cc2)CC1. The molecule has 3 rings (SSSR count). The monoisotopic (exact) mass is 327 g/mol. The highest BCUT2D eigenvalue weighted by atomic mass is 35.5. The Morgan fingerprint density at radius 2 is 1.65 bits per heavy atom. The predicted octanol–water partition coefficient (Wildman–Crippen LogP) is 6.87. The van der Waals surface area contributed by atoms with Gasteiger partial charge in [-0.2, -0.15) is 0 Å². The number of aromatic nitrogens is 1. The molecule has 0 amide bonds. The van der Waals surface area contributed by atoms with Gasteiger partial charge in [0.15, 0.2) is 0 Å². The second-order valence-corrected chi connectivity index (χ2v) is 7.24. The maximum absolute atomic E-state index is 5.86. The number of pyridine rings is 1. The molecule has 1 aliphatic rings. The highest BCUT2D eigenvalue weighted by molar-refractivity contribution is 6.29. The summed E-state index contributed by atoms with van der Waals surface area (Å²) in [4.78, 5) is 4.17. The van der Waals surface area contributed by atoms with Crippen LogP contribution in [0.4, 0.5) is 0 Å². The van der Waals surface area contributed by atoms with Crippen LogP contribution in [0.1, 0.15) is 63.4 Å². The third kappa shape index (κ3) is 4.35. The van der Waals surface area contributed by atoms with E-state index < -0.39 is 0 Å². The van der Waals surface area contributed by atoms with Crippen LogP contribution in [0.15, 0.2) is 42.6 Å². The predicted molar refractivity (Wildman–Crippen MR) is 98.9 cm³/mol. The molecule has 0 N–H and O–H groups in total. The van der Waals surface area contributed by atoms with Crippen LogP contribution in [-0.2, 0) is 0 Å². The van der Waals surface area contributed by atoms with Crippen LogP contribution in [0.25, 0.3) is 11.1 Å². The van der Waals surface area contributed by atoms with Crippen molar-refractivity contribution < 1.29 is 0 Å². The summed E-state index contributed by atoms with van der Waals surface area (Å²) in [5.74, 6) is 1.73. The largest absolute Gasteiger partial charge is 0.244 e. The van der Waals surface area contributed by atoms with Crippen LogP contribution >= 0.6 is 11.6 Å². The van der Waals surface area contributed by atoms with E-state index in [-0.39, 0.29) is 0 Å². The fourth-order valence-corrected chi connectivity index (χ4v) is 3.88. The molecule has 1 nitrogen and oxygen atoms in total. The smallest absolute Gasteiger partial charge is 0.129 e. The van der Waals surface area contributed by atoms with Gasteiger partial charge in [0, 0.05) is 11.8 Å². The van der Waals surface area contributed by atoms with E-state index in [1.807, 2.05) is 18.3 Å². The highest BCUT2D eigenvalue weighted by Crippen LogP contribution is 2.38. The molecule has 0 bridgehead atoms. The van der Waals surface area contributed by atoms with Crippen molar-refractivity contribution in [2.24, 2.45) is 5.92 Å². The first-order valence-corrected chi connectivity index (χ1v) is 9.36. The maximum Gasteiger partial charge on any atom is 0.129 e. The zero-order valence-electron chi connectivity index (χ0n) is 14.0. The van der Waals surface area contributed by atoms with Crippen molar-refractivity contribution in [1.29, 1.82) is 0 Å². The lowest BCUT2D eigenvalue weighted by molar-refractivity contribution is 0.304. The Bertz CT molecular complexity index is 595. The van der Waals surface area contributed by atoms with Gasteiger partial charge in [-0.25, -0.2) is 4.98 Å². The number of benzene rings is 1. The standard InChI is InChI=1S/C21H26ClN/c1-2-3-4-16-5-7-17(8-6-16)18-9-11-19(12-10-18)20-13-14-21(22)23-15-20/h9-17H,2-8H2,1H3. The van der Waals surface area contributed by atoms with Gasteiger partial charge in [-0.1, -0.05) is 62.1 Å². The molecular formula is C21H26ClN. The van der Waals surface area contributed by atoms with Gasteiger partial charge >= 0.3 is 0 Å². The average Bonchev–Trinajstić information content (AvgIpc) is 2.61. The van der Waals surface area contributed by atoms with Crippen molar-refractivity contribution in [1.82, 2.24) is 4.98 Å². The number of unbranched alkanes of at least 4 members (excludes halogenated alkanes) is 1. The Hall–Kier alpha value is -1.34. The van der Waals surface area contributed by atoms with E-state index in [9.17, 15) is 0 Å². The molecule has 0 saturated heterocycles. The second-order valence-electron chi connectivity index (χ2n) is 6.85. The van der Waals surface area contributed by atoms with Gasteiger partial charge in [-0.3, -0.25) is 0 Å². The van der Waals surface area contributed by atoms with Gasteiger partial charge < -0.3 is 0 Å². The number of hydrogen-bond donors (Lipinski definition) is 0. The summed E-state index contributed by atoms with van der Waals surface area (Å²) in [6.07, 6.45) is 11.6. The summed E-state index contributed by atoms with van der Waals surface area (Å²) < 4.78 is 0. The molecule has 1 heterocycles. The third-order valence-corrected chi connectivity index (χ3v) is 5.48. The molecule has 0 atom stereocenters. The summed E-state index contributed by atoms with van der Waals surface area (Å²) >= 11 is 5.86. The number of rotatable bonds is 5. The van der Waals surface area contributed by atoms with Gasteiger partial charge in [0.05, 0.1) is 0 Å². The van der Waals surface area contributed by atoms with Gasteiger partial charge in [0.1, 0.15) is 5.15 Å². The first-order valence-electron chi connectivity index (χ1n) is 8.98. The molecule has 2 heteroatoms. The van der Waals surface area contributed by atoms with Gasteiger partial charge in [-0.15, -0.1) is 0 Å². The fraction of sp³-hybridized carbons (Fsp3) is 0.476. The Kier molecular flexibility index (Phi) is 5.72. The molecule has 1 aromatic carbocycles.